The van der Waals surface area contributed by atoms with Crippen molar-refractivity contribution in [1.29, 1.82) is 0 Å². The molecule has 0 aliphatic carbocycles. The van der Waals surface area contributed by atoms with Crippen LogP contribution in [0.3, 0.4) is 0 Å². The Bertz CT molecular complexity index is 855. The number of nitrogens with zero attached hydrogens (tertiary/aromatic N) is 2. The molecular formula is C23H31N3O3S. The number of carbonyl (C=O) groups is 2. The number of rotatable bonds is 7. The van der Waals surface area contributed by atoms with E-state index in [0.717, 1.165) is 36.4 Å². The number of amides is 2. The lowest BCUT2D eigenvalue weighted by Crippen LogP contribution is -2.49. The van der Waals surface area contributed by atoms with Crippen molar-refractivity contribution < 1.29 is 14.3 Å². The maximum atomic E-state index is 12.6. The third kappa shape index (κ3) is 5.39. The molecule has 162 valence electrons. The molecule has 0 spiro atoms. The first-order valence-corrected chi connectivity index (χ1v) is 11.5. The molecule has 1 aromatic heterocycles. The fourth-order valence-electron chi connectivity index (χ4n) is 3.95. The molecule has 3 unspecified atom stereocenters. The highest BCUT2D eigenvalue weighted by Crippen LogP contribution is 2.24. The second kappa shape index (κ2) is 10.1. The summed E-state index contributed by atoms with van der Waals surface area (Å²) < 4.78 is 5.70. The van der Waals surface area contributed by atoms with Crippen molar-refractivity contribution in [2.45, 2.75) is 71.5 Å². The number of ether oxygens (including phenoxy) is 1. The number of thiazole rings is 1. The summed E-state index contributed by atoms with van der Waals surface area (Å²) in [7, 11) is 0. The first kappa shape index (κ1) is 22.3. The summed E-state index contributed by atoms with van der Waals surface area (Å²) in [4.78, 5) is 31.6. The Labute approximate surface area is 182 Å². The summed E-state index contributed by atoms with van der Waals surface area (Å²) >= 11 is 1.56. The van der Waals surface area contributed by atoms with Gasteiger partial charge in [0, 0.05) is 28.7 Å². The standard InChI is InChI=1S/C23H31N3O3S/c1-5-20(23-24-15(2)14-30-23)25-22(28)18-9-11-19(12-10-18)29-13-21(27)26-16(3)7-6-8-17(26)4/h9-12,14,16-17,20H,5-8,13H2,1-4H3,(H,25,28). The lowest BCUT2D eigenvalue weighted by atomic mass is 9.97. The Hall–Kier alpha value is -2.41. The maximum Gasteiger partial charge on any atom is 0.260 e. The Morgan fingerprint density at radius 2 is 1.90 bits per heavy atom. The van der Waals surface area contributed by atoms with Crippen molar-refractivity contribution in [2.24, 2.45) is 0 Å². The Kier molecular flexibility index (Phi) is 7.48. The monoisotopic (exact) mass is 429 g/mol. The first-order valence-electron chi connectivity index (χ1n) is 10.7. The number of piperidine rings is 1. The van der Waals surface area contributed by atoms with Gasteiger partial charge >= 0.3 is 0 Å². The molecule has 2 aromatic rings. The minimum atomic E-state index is -0.145. The summed E-state index contributed by atoms with van der Waals surface area (Å²) in [5, 5.41) is 5.95. The summed E-state index contributed by atoms with van der Waals surface area (Å²) in [5.74, 6) is 0.453. The number of likely N-dealkylation sites (tertiary alicyclic amines) is 1. The summed E-state index contributed by atoms with van der Waals surface area (Å²) in [6, 6.07) is 7.33. The van der Waals surface area contributed by atoms with E-state index in [2.05, 4.69) is 24.1 Å². The fourth-order valence-corrected chi connectivity index (χ4v) is 4.88. The van der Waals surface area contributed by atoms with Crippen LogP contribution in [0.25, 0.3) is 0 Å². The number of hydrogen-bond acceptors (Lipinski definition) is 5. The van der Waals surface area contributed by atoms with Gasteiger partial charge in [0.2, 0.25) is 0 Å². The van der Waals surface area contributed by atoms with E-state index in [9.17, 15) is 9.59 Å². The Balaban J connectivity index is 1.55. The molecule has 3 atom stereocenters. The second-order valence-electron chi connectivity index (χ2n) is 8.00. The molecule has 2 amide bonds. The molecule has 1 N–H and O–H groups in total. The molecule has 1 aliphatic rings. The lowest BCUT2D eigenvalue weighted by Gasteiger charge is -2.38. The molecular weight excluding hydrogens is 398 g/mol. The molecule has 0 bridgehead atoms. The highest BCUT2D eigenvalue weighted by atomic mass is 32.1. The molecule has 7 heteroatoms. The first-order chi connectivity index (χ1) is 14.4. The van der Waals surface area contributed by atoms with Crippen LogP contribution in [0.1, 0.15) is 73.6 Å². The number of carbonyl (C=O) groups excluding carboxylic acids is 2. The number of aromatic nitrogens is 1. The molecule has 0 saturated carbocycles. The largest absolute Gasteiger partial charge is 0.484 e. The van der Waals surface area contributed by atoms with Gasteiger partial charge in [-0.15, -0.1) is 11.3 Å². The molecule has 1 aliphatic heterocycles. The van der Waals surface area contributed by atoms with Crippen LogP contribution in [0, 0.1) is 6.92 Å². The predicted molar refractivity (Wildman–Crippen MR) is 119 cm³/mol. The van der Waals surface area contributed by atoms with E-state index in [1.165, 1.54) is 0 Å². The van der Waals surface area contributed by atoms with E-state index in [4.69, 9.17) is 4.74 Å². The van der Waals surface area contributed by atoms with Gasteiger partial charge in [0.25, 0.3) is 11.8 Å². The van der Waals surface area contributed by atoms with Gasteiger partial charge < -0.3 is 15.0 Å². The zero-order chi connectivity index (χ0) is 21.7. The van der Waals surface area contributed by atoms with E-state index in [0.29, 0.717) is 11.3 Å². The van der Waals surface area contributed by atoms with Crippen LogP contribution < -0.4 is 10.1 Å². The molecule has 1 fully saturated rings. The summed E-state index contributed by atoms with van der Waals surface area (Å²) in [5.41, 5.74) is 1.52. The molecule has 1 saturated heterocycles. The Morgan fingerprint density at radius 3 is 2.47 bits per heavy atom. The van der Waals surface area contributed by atoms with E-state index in [-0.39, 0.29) is 36.5 Å². The van der Waals surface area contributed by atoms with Gasteiger partial charge in [-0.1, -0.05) is 6.92 Å². The average molecular weight is 430 g/mol. The van der Waals surface area contributed by atoms with Gasteiger partial charge in [-0.25, -0.2) is 4.98 Å². The zero-order valence-electron chi connectivity index (χ0n) is 18.2. The van der Waals surface area contributed by atoms with E-state index in [1.807, 2.05) is 24.1 Å². The van der Waals surface area contributed by atoms with Crippen LogP contribution in [0.2, 0.25) is 0 Å². The quantitative estimate of drug-likeness (QED) is 0.703. The van der Waals surface area contributed by atoms with Crippen molar-refractivity contribution >= 4 is 23.2 Å². The number of benzene rings is 1. The SMILES string of the molecule is CCC(NC(=O)c1ccc(OCC(=O)N2C(C)CCCC2C)cc1)c1nc(C)cs1. The van der Waals surface area contributed by atoms with Crippen LogP contribution in [-0.4, -0.2) is 40.4 Å². The average Bonchev–Trinajstić information content (AvgIpc) is 3.16. The highest BCUT2D eigenvalue weighted by molar-refractivity contribution is 7.09. The minimum Gasteiger partial charge on any atom is -0.484 e. The highest BCUT2D eigenvalue weighted by Gasteiger charge is 2.29. The molecule has 3 rings (SSSR count). The van der Waals surface area contributed by atoms with Crippen LogP contribution in [0.5, 0.6) is 5.75 Å². The third-order valence-corrected chi connectivity index (χ3v) is 6.69. The molecule has 0 radical (unpaired) electrons. The normalized spacial score (nSPS) is 19.9. The van der Waals surface area contributed by atoms with Crippen molar-refractivity contribution in [2.75, 3.05) is 6.61 Å². The van der Waals surface area contributed by atoms with Gasteiger partial charge in [0.15, 0.2) is 6.61 Å². The fraction of sp³-hybridized carbons (Fsp3) is 0.522. The van der Waals surface area contributed by atoms with Gasteiger partial charge in [-0.2, -0.15) is 0 Å². The molecule has 2 heterocycles. The van der Waals surface area contributed by atoms with E-state index < -0.39 is 0 Å². The maximum absolute atomic E-state index is 12.6. The number of aryl methyl sites for hydroxylation is 1. The van der Waals surface area contributed by atoms with Crippen molar-refractivity contribution in [3.8, 4) is 5.75 Å². The number of hydrogen-bond donors (Lipinski definition) is 1. The molecule has 1 aromatic carbocycles. The zero-order valence-corrected chi connectivity index (χ0v) is 19.0. The van der Waals surface area contributed by atoms with Gasteiger partial charge in [-0.05, 0) is 70.7 Å². The van der Waals surface area contributed by atoms with Gasteiger partial charge in [0.1, 0.15) is 10.8 Å². The van der Waals surface area contributed by atoms with Crippen molar-refractivity contribution in [3.63, 3.8) is 0 Å². The number of nitrogens with one attached hydrogen (secondary N) is 1. The smallest absolute Gasteiger partial charge is 0.260 e. The van der Waals surface area contributed by atoms with Crippen LogP contribution in [0.4, 0.5) is 0 Å². The van der Waals surface area contributed by atoms with Crippen LogP contribution >= 0.6 is 11.3 Å². The van der Waals surface area contributed by atoms with E-state index in [1.54, 1.807) is 35.6 Å². The van der Waals surface area contributed by atoms with Crippen LogP contribution in [-0.2, 0) is 4.79 Å². The lowest BCUT2D eigenvalue weighted by molar-refractivity contribution is -0.139. The topological polar surface area (TPSA) is 71.5 Å². The minimum absolute atomic E-state index is 0.0149. The molecule has 30 heavy (non-hydrogen) atoms. The van der Waals surface area contributed by atoms with E-state index >= 15 is 0 Å². The van der Waals surface area contributed by atoms with Gasteiger partial charge in [-0.3, -0.25) is 9.59 Å². The molecule has 6 nitrogen and oxygen atoms in total. The summed E-state index contributed by atoms with van der Waals surface area (Å²) in [6.07, 6.45) is 4.02. The van der Waals surface area contributed by atoms with Crippen molar-refractivity contribution in [3.05, 3.63) is 45.9 Å². The second-order valence-corrected chi connectivity index (χ2v) is 8.89. The Morgan fingerprint density at radius 1 is 1.23 bits per heavy atom. The third-order valence-electron chi connectivity index (χ3n) is 5.61. The summed E-state index contributed by atoms with van der Waals surface area (Å²) in [6.45, 7) is 8.18. The van der Waals surface area contributed by atoms with Crippen LogP contribution in [0.15, 0.2) is 29.6 Å². The predicted octanol–water partition coefficient (Wildman–Crippen LogP) is 4.50. The van der Waals surface area contributed by atoms with Gasteiger partial charge in [0.05, 0.1) is 6.04 Å². The van der Waals surface area contributed by atoms with Crippen molar-refractivity contribution in [1.82, 2.24) is 15.2 Å².